The number of halogens is 2. The Hall–Kier alpha value is -0.640. The minimum atomic E-state index is -0.315. The van der Waals surface area contributed by atoms with E-state index in [0.29, 0.717) is 10.9 Å². The largest absolute Gasteiger partial charge is 0.396 e. The number of aliphatic hydroxyl groups excluding tert-OH is 1. The van der Waals surface area contributed by atoms with Crippen molar-refractivity contribution < 1.29 is 9.50 Å². The SMILES string of the molecule is CCCC(CCO)CNC(C)c1ccc(F)cc1Cl. The molecule has 0 fully saturated rings. The molecule has 0 saturated carbocycles. The molecule has 0 radical (unpaired) electrons. The molecule has 0 amide bonds. The third-order valence-corrected chi connectivity index (χ3v) is 3.70. The summed E-state index contributed by atoms with van der Waals surface area (Å²) in [7, 11) is 0. The zero-order chi connectivity index (χ0) is 14.3. The van der Waals surface area contributed by atoms with Gasteiger partial charge in [-0.05, 0) is 49.9 Å². The first kappa shape index (κ1) is 16.4. The Kier molecular flexibility index (Phi) is 7.36. The molecule has 0 heterocycles. The van der Waals surface area contributed by atoms with Gasteiger partial charge in [-0.25, -0.2) is 4.39 Å². The standard InChI is InChI=1S/C15H23ClFNO/c1-3-4-12(7-8-19)10-18-11(2)14-6-5-13(17)9-15(14)16/h5-6,9,11-12,18-19H,3-4,7-8,10H2,1-2H3. The van der Waals surface area contributed by atoms with Crippen molar-refractivity contribution in [1.29, 1.82) is 0 Å². The van der Waals surface area contributed by atoms with E-state index in [1.54, 1.807) is 6.07 Å². The molecular formula is C15H23ClFNO. The zero-order valence-electron chi connectivity index (χ0n) is 11.6. The lowest BCUT2D eigenvalue weighted by molar-refractivity contribution is 0.246. The van der Waals surface area contributed by atoms with Gasteiger partial charge in [-0.3, -0.25) is 0 Å². The maximum Gasteiger partial charge on any atom is 0.124 e. The number of hydrogen-bond acceptors (Lipinski definition) is 2. The van der Waals surface area contributed by atoms with Crippen LogP contribution in [0.4, 0.5) is 4.39 Å². The van der Waals surface area contributed by atoms with E-state index < -0.39 is 0 Å². The first-order chi connectivity index (χ1) is 9.08. The molecule has 0 aliphatic carbocycles. The van der Waals surface area contributed by atoms with Crippen molar-refractivity contribution in [1.82, 2.24) is 5.32 Å². The van der Waals surface area contributed by atoms with Crippen LogP contribution < -0.4 is 5.32 Å². The van der Waals surface area contributed by atoms with Crippen LogP contribution in [0.15, 0.2) is 18.2 Å². The summed E-state index contributed by atoms with van der Waals surface area (Å²) in [5.41, 5.74) is 0.905. The number of rotatable bonds is 8. The van der Waals surface area contributed by atoms with Gasteiger partial charge in [0, 0.05) is 17.7 Å². The third-order valence-electron chi connectivity index (χ3n) is 3.38. The maximum atomic E-state index is 13.0. The van der Waals surface area contributed by atoms with Crippen LogP contribution in [0.3, 0.4) is 0 Å². The minimum absolute atomic E-state index is 0.0751. The zero-order valence-corrected chi connectivity index (χ0v) is 12.4. The molecule has 0 aliphatic rings. The van der Waals surface area contributed by atoms with Crippen LogP contribution >= 0.6 is 11.6 Å². The van der Waals surface area contributed by atoms with Gasteiger partial charge in [0.25, 0.3) is 0 Å². The Morgan fingerprint density at radius 1 is 1.37 bits per heavy atom. The van der Waals surface area contributed by atoms with Crippen LogP contribution in [0.2, 0.25) is 5.02 Å². The highest BCUT2D eigenvalue weighted by molar-refractivity contribution is 6.31. The molecule has 19 heavy (non-hydrogen) atoms. The van der Waals surface area contributed by atoms with Gasteiger partial charge in [-0.1, -0.05) is 31.0 Å². The van der Waals surface area contributed by atoms with Crippen molar-refractivity contribution in [2.24, 2.45) is 5.92 Å². The molecule has 1 aromatic rings. The van der Waals surface area contributed by atoms with Crippen molar-refractivity contribution in [3.05, 3.63) is 34.6 Å². The summed E-state index contributed by atoms with van der Waals surface area (Å²) in [6.07, 6.45) is 3.01. The van der Waals surface area contributed by atoms with Gasteiger partial charge in [-0.2, -0.15) is 0 Å². The molecule has 0 spiro atoms. The Morgan fingerprint density at radius 3 is 2.68 bits per heavy atom. The van der Waals surface area contributed by atoms with Crippen LogP contribution in [-0.4, -0.2) is 18.3 Å². The fourth-order valence-electron chi connectivity index (χ4n) is 2.25. The first-order valence-corrected chi connectivity index (χ1v) is 7.25. The highest BCUT2D eigenvalue weighted by Crippen LogP contribution is 2.24. The van der Waals surface area contributed by atoms with E-state index in [1.807, 2.05) is 6.92 Å². The third kappa shape index (κ3) is 5.47. The Bertz CT molecular complexity index is 380. The van der Waals surface area contributed by atoms with Crippen molar-refractivity contribution in [2.75, 3.05) is 13.2 Å². The topological polar surface area (TPSA) is 32.3 Å². The molecule has 4 heteroatoms. The van der Waals surface area contributed by atoms with Gasteiger partial charge >= 0.3 is 0 Å². The van der Waals surface area contributed by atoms with Crippen molar-refractivity contribution >= 4 is 11.6 Å². The molecule has 2 N–H and O–H groups in total. The van der Waals surface area contributed by atoms with Gasteiger partial charge in [0.2, 0.25) is 0 Å². The quantitative estimate of drug-likeness (QED) is 0.759. The summed E-state index contributed by atoms with van der Waals surface area (Å²) in [6, 6.07) is 4.56. The fourth-order valence-corrected chi connectivity index (χ4v) is 2.58. The predicted octanol–water partition coefficient (Wildman–Crippen LogP) is 3.93. The predicted molar refractivity (Wildman–Crippen MR) is 77.9 cm³/mol. The van der Waals surface area contributed by atoms with Crippen LogP contribution in [-0.2, 0) is 0 Å². The maximum absolute atomic E-state index is 13.0. The lowest BCUT2D eigenvalue weighted by atomic mass is 9.99. The molecule has 0 bridgehead atoms. The number of nitrogens with one attached hydrogen (secondary N) is 1. The molecule has 0 aromatic heterocycles. The lowest BCUT2D eigenvalue weighted by Gasteiger charge is -2.21. The first-order valence-electron chi connectivity index (χ1n) is 6.87. The smallest absolute Gasteiger partial charge is 0.124 e. The minimum Gasteiger partial charge on any atom is -0.396 e. The molecule has 1 rings (SSSR count). The van der Waals surface area contributed by atoms with Crippen LogP contribution in [0.5, 0.6) is 0 Å². The highest BCUT2D eigenvalue weighted by atomic mass is 35.5. The highest BCUT2D eigenvalue weighted by Gasteiger charge is 2.13. The van der Waals surface area contributed by atoms with Gasteiger partial charge in [0.15, 0.2) is 0 Å². The van der Waals surface area contributed by atoms with Crippen molar-refractivity contribution in [2.45, 2.75) is 39.2 Å². The van der Waals surface area contributed by atoms with Crippen molar-refractivity contribution in [3.63, 3.8) is 0 Å². The number of aliphatic hydroxyl groups is 1. The summed E-state index contributed by atoms with van der Waals surface area (Å²) in [5, 5.41) is 12.9. The second-order valence-electron chi connectivity index (χ2n) is 4.96. The van der Waals surface area contributed by atoms with E-state index in [2.05, 4.69) is 12.2 Å². The molecule has 0 aliphatic heterocycles. The van der Waals surface area contributed by atoms with E-state index in [4.69, 9.17) is 16.7 Å². The monoisotopic (exact) mass is 287 g/mol. The van der Waals surface area contributed by atoms with Gasteiger partial charge in [0.05, 0.1) is 0 Å². The normalized spacial score (nSPS) is 14.4. The van der Waals surface area contributed by atoms with E-state index in [1.165, 1.54) is 12.1 Å². The molecule has 2 unspecified atom stereocenters. The Balaban J connectivity index is 2.55. The molecule has 2 atom stereocenters. The van der Waals surface area contributed by atoms with Crippen LogP contribution in [0.1, 0.15) is 44.7 Å². The second kappa shape index (κ2) is 8.51. The summed E-state index contributed by atoms with van der Waals surface area (Å²) < 4.78 is 13.0. The molecular weight excluding hydrogens is 265 g/mol. The average Bonchev–Trinajstić information content (AvgIpc) is 2.36. The van der Waals surface area contributed by atoms with E-state index in [-0.39, 0.29) is 18.5 Å². The summed E-state index contributed by atoms with van der Waals surface area (Å²) >= 11 is 6.04. The number of hydrogen-bond donors (Lipinski definition) is 2. The van der Waals surface area contributed by atoms with Crippen molar-refractivity contribution in [3.8, 4) is 0 Å². The van der Waals surface area contributed by atoms with E-state index in [0.717, 1.165) is 31.4 Å². The number of benzene rings is 1. The van der Waals surface area contributed by atoms with Gasteiger partial charge in [-0.15, -0.1) is 0 Å². The summed E-state index contributed by atoms with van der Waals surface area (Å²) in [5.74, 6) is 0.154. The molecule has 0 saturated heterocycles. The summed E-state index contributed by atoms with van der Waals surface area (Å²) in [6.45, 7) is 5.22. The Morgan fingerprint density at radius 2 is 2.11 bits per heavy atom. The second-order valence-corrected chi connectivity index (χ2v) is 5.37. The summed E-state index contributed by atoms with van der Waals surface area (Å²) in [4.78, 5) is 0. The van der Waals surface area contributed by atoms with Gasteiger partial charge < -0.3 is 10.4 Å². The van der Waals surface area contributed by atoms with E-state index in [9.17, 15) is 4.39 Å². The molecule has 2 nitrogen and oxygen atoms in total. The fraction of sp³-hybridized carbons (Fsp3) is 0.600. The van der Waals surface area contributed by atoms with E-state index >= 15 is 0 Å². The van der Waals surface area contributed by atoms with Gasteiger partial charge in [0.1, 0.15) is 5.82 Å². The molecule has 1 aromatic carbocycles. The lowest BCUT2D eigenvalue weighted by Crippen LogP contribution is -2.26. The molecule has 108 valence electrons. The average molecular weight is 288 g/mol. The van der Waals surface area contributed by atoms with Crippen LogP contribution in [0, 0.1) is 11.7 Å². The Labute approximate surface area is 120 Å². The van der Waals surface area contributed by atoms with Crippen LogP contribution in [0.25, 0.3) is 0 Å².